The van der Waals surface area contributed by atoms with Gasteiger partial charge >= 0.3 is 0 Å². The summed E-state index contributed by atoms with van der Waals surface area (Å²) in [7, 11) is 0. The number of thiophene rings is 1. The van der Waals surface area contributed by atoms with Gasteiger partial charge in [-0.3, -0.25) is 4.90 Å². The van der Waals surface area contributed by atoms with E-state index in [0.29, 0.717) is 0 Å². The second kappa shape index (κ2) is 6.29. The standard InChI is InChI=1S/C16H20N2OS/c17-14-1-5-16(6-2-14)19-9-8-18(15-3-4-15)11-13-7-10-20-12-13/h1-2,5-7,10,12,15H,3-4,8-9,11,17H2. The molecule has 2 aromatic rings. The Kier molecular flexibility index (Phi) is 4.23. The van der Waals surface area contributed by atoms with E-state index in [1.54, 1.807) is 11.3 Å². The number of hydrogen-bond acceptors (Lipinski definition) is 4. The van der Waals surface area contributed by atoms with Gasteiger partial charge in [0.15, 0.2) is 0 Å². The molecule has 1 aromatic carbocycles. The molecule has 1 aromatic heterocycles. The monoisotopic (exact) mass is 288 g/mol. The second-order valence-electron chi connectivity index (χ2n) is 5.25. The van der Waals surface area contributed by atoms with Crippen molar-refractivity contribution in [1.82, 2.24) is 4.90 Å². The highest BCUT2D eigenvalue weighted by Gasteiger charge is 2.28. The van der Waals surface area contributed by atoms with Gasteiger partial charge in [0.05, 0.1) is 0 Å². The average molecular weight is 288 g/mol. The van der Waals surface area contributed by atoms with Crippen LogP contribution in [0.5, 0.6) is 5.75 Å². The maximum absolute atomic E-state index is 5.79. The lowest BCUT2D eigenvalue weighted by Gasteiger charge is -2.21. The van der Waals surface area contributed by atoms with Crippen LogP contribution in [0.1, 0.15) is 18.4 Å². The highest BCUT2D eigenvalue weighted by molar-refractivity contribution is 7.07. The summed E-state index contributed by atoms with van der Waals surface area (Å²) in [4.78, 5) is 2.53. The van der Waals surface area contributed by atoms with Gasteiger partial charge in [-0.25, -0.2) is 0 Å². The molecule has 0 aliphatic heterocycles. The third-order valence-electron chi connectivity index (χ3n) is 3.56. The molecule has 1 fully saturated rings. The minimum Gasteiger partial charge on any atom is -0.492 e. The van der Waals surface area contributed by atoms with Crippen LogP contribution in [0.15, 0.2) is 41.1 Å². The Morgan fingerprint density at radius 3 is 2.65 bits per heavy atom. The SMILES string of the molecule is Nc1ccc(OCCN(Cc2ccsc2)C2CC2)cc1. The molecule has 2 N–H and O–H groups in total. The van der Waals surface area contributed by atoms with Gasteiger partial charge in [-0.1, -0.05) is 0 Å². The zero-order chi connectivity index (χ0) is 13.8. The maximum Gasteiger partial charge on any atom is 0.119 e. The smallest absolute Gasteiger partial charge is 0.119 e. The van der Waals surface area contributed by atoms with Gasteiger partial charge in [0, 0.05) is 24.8 Å². The summed E-state index contributed by atoms with van der Waals surface area (Å²) in [6, 6.07) is 10.6. The van der Waals surface area contributed by atoms with Crippen molar-refractivity contribution in [3.8, 4) is 5.75 Å². The summed E-state index contributed by atoms with van der Waals surface area (Å²) in [5.74, 6) is 0.894. The third-order valence-corrected chi connectivity index (χ3v) is 4.29. The molecule has 106 valence electrons. The quantitative estimate of drug-likeness (QED) is 0.794. The second-order valence-corrected chi connectivity index (χ2v) is 6.03. The van der Waals surface area contributed by atoms with E-state index in [2.05, 4.69) is 21.7 Å². The van der Waals surface area contributed by atoms with Crippen LogP contribution in [0.3, 0.4) is 0 Å². The summed E-state index contributed by atoms with van der Waals surface area (Å²) < 4.78 is 5.79. The zero-order valence-electron chi connectivity index (χ0n) is 11.5. The van der Waals surface area contributed by atoms with Crippen LogP contribution in [0, 0.1) is 0 Å². The summed E-state index contributed by atoms with van der Waals surface area (Å²) in [5.41, 5.74) is 7.85. The molecule has 0 spiro atoms. The molecule has 20 heavy (non-hydrogen) atoms. The van der Waals surface area contributed by atoms with E-state index < -0.39 is 0 Å². The van der Waals surface area contributed by atoms with Crippen molar-refractivity contribution in [2.24, 2.45) is 0 Å². The molecule has 1 heterocycles. The molecule has 0 amide bonds. The molecule has 1 aliphatic rings. The third kappa shape index (κ3) is 3.74. The van der Waals surface area contributed by atoms with E-state index in [1.807, 2.05) is 24.3 Å². The molecule has 0 bridgehead atoms. The first-order valence-electron chi connectivity index (χ1n) is 7.05. The zero-order valence-corrected chi connectivity index (χ0v) is 12.3. The molecule has 0 radical (unpaired) electrons. The highest BCUT2D eigenvalue weighted by Crippen LogP contribution is 2.28. The topological polar surface area (TPSA) is 38.5 Å². The Hall–Kier alpha value is -1.52. The first-order valence-corrected chi connectivity index (χ1v) is 7.99. The van der Waals surface area contributed by atoms with Crippen molar-refractivity contribution in [3.05, 3.63) is 46.7 Å². The number of hydrogen-bond donors (Lipinski definition) is 1. The van der Waals surface area contributed by atoms with E-state index >= 15 is 0 Å². The minimum atomic E-state index is 0.727. The van der Waals surface area contributed by atoms with Gasteiger partial charge in [-0.15, -0.1) is 0 Å². The molecule has 0 unspecified atom stereocenters. The number of anilines is 1. The number of nitrogens with two attached hydrogens (primary N) is 1. The summed E-state index contributed by atoms with van der Waals surface area (Å²) in [5, 5.41) is 4.38. The predicted octanol–water partition coefficient (Wildman–Crippen LogP) is 3.37. The van der Waals surface area contributed by atoms with Crippen LogP contribution in [0.4, 0.5) is 5.69 Å². The van der Waals surface area contributed by atoms with E-state index in [-0.39, 0.29) is 0 Å². The lowest BCUT2D eigenvalue weighted by atomic mass is 10.3. The Balaban J connectivity index is 1.48. The van der Waals surface area contributed by atoms with E-state index in [9.17, 15) is 0 Å². The lowest BCUT2D eigenvalue weighted by Crippen LogP contribution is -2.30. The van der Waals surface area contributed by atoms with Crippen molar-refractivity contribution in [3.63, 3.8) is 0 Å². The van der Waals surface area contributed by atoms with Crippen LogP contribution in [-0.2, 0) is 6.54 Å². The minimum absolute atomic E-state index is 0.727. The van der Waals surface area contributed by atoms with Crippen LogP contribution < -0.4 is 10.5 Å². The Morgan fingerprint density at radius 1 is 1.20 bits per heavy atom. The Labute approximate surface area is 124 Å². The summed E-state index contributed by atoms with van der Waals surface area (Å²) >= 11 is 1.77. The number of nitrogen functional groups attached to an aromatic ring is 1. The van der Waals surface area contributed by atoms with Crippen LogP contribution >= 0.6 is 11.3 Å². The molecule has 4 heteroatoms. The van der Waals surface area contributed by atoms with Crippen LogP contribution in [0.25, 0.3) is 0 Å². The van der Waals surface area contributed by atoms with Gasteiger partial charge in [-0.2, -0.15) is 11.3 Å². The molecular formula is C16H20N2OS. The molecule has 0 saturated heterocycles. The Morgan fingerprint density at radius 2 is 2.00 bits per heavy atom. The van der Waals surface area contributed by atoms with Gasteiger partial charge in [0.25, 0.3) is 0 Å². The Bertz CT molecular complexity index is 520. The summed E-state index contributed by atoms with van der Waals surface area (Å²) in [6.07, 6.45) is 2.65. The van der Waals surface area contributed by atoms with Crippen molar-refractivity contribution >= 4 is 17.0 Å². The van der Waals surface area contributed by atoms with E-state index in [4.69, 9.17) is 10.5 Å². The van der Waals surface area contributed by atoms with Crippen molar-refractivity contribution in [2.75, 3.05) is 18.9 Å². The van der Waals surface area contributed by atoms with E-state index in [0.717, 1.165) is 37.2 Å². The molecular weight excluding hydrogens is 268 g/mol. The molecule has 1 aliphatic carbocycles. The average Bonchev–Trinajstić information content (AvgIpc) is 3.18. The fourth-order valence-corrected chi connectivity index (χ4v) is 2.95. The largest absolute Gasteiger partial charge is 0.492 e. The maximum atomic E-state index is 5.79. The first-order chi connectivity index (χ1) is 9.81. The summed E-state index contributed by atoms with van der Waals surface area (Å²) in [6.45, 7) is 2.74. The van der Waals surface area contributed by atoms with E-state index in [1.165, 1.54) is 18.4 Å². The molecule has 3 rings (SSSR count). The van der Waals surface area contributed by atoms with Crippen molar-refractivity contribution in [1.29, 1.82) is 0 Å². The number of ether oxygens (including phenoxy) is 1. The van der Waals surface area contributed by atoms with Gasteiger partial charge in [0.1, 0.15) is 12.4 Å². The van der Waals surface area contributed by atoms with Gasteiger partial charge < -0.3 is 10.5 Å². The highest BCUT2D eigenvalue weighted by atomic mass is 32.1. The number of nitrogens with zero attached hydrogens (tertiary/aromatic N) is 1. The fraction of sp³-hybridized carbons (Fsp3) is 0.375. The van der Waals surface area contributed by atoms with Crippen LogP contribution in [0.2, 0.25) is 0 Å². The van der Waals surface area contributed by atoms with Gasteiger partial charge in [0.2, 0.25) is 0 Å². The fourth-order valence-electron chi connectivity index (χ4n) is 2.29. The first kappa shape index (κ1) is 13.5. The predicted molar refractivity (Wildman–Crippen MR) is 84.1 cm³/mol. The molecule has 0 atom stereocenters. The number of rotatable bonds is 7. The van der Waals surface area contributed by atoms with Crippen molar-refractivity contribution in [2.45, 2.75) is 25.4 Å². The van der Waals surface area contributed by atoms with Gasteiger partial charge in [-0.05, 0) is 59.5 Å². The lowest BCUT2D eigenvalue weighted by molar-refractivity contribution is 0.195. The normalized spacial score (nSPS) is 14.7. The van der Waals surface area contributed by atoms with Crippen molar-refractivity contribution < 1.29 is 4.74 Å². The van der Waals surface area contributed by atoms with Crippen LogP contribution in [-0.4, -0.2) is 24.1 Å². The number of benzene rings is 1. The molecule has 1 saturated carbocycles. The molecule has 3 nitrogen and oxygen atoms in total.